The van der Waals surface area contributed by atoms with Crippen LogP contribution in [-0.2, 0) is 23.8 Å². The minimum atomic E-state index is -4.68. The minimum Gasteiger partial charge on any atom is -0.349 e. The number of aryl methyl sites for hydroxylation is 2. The number of imidazole rings is 1. The van der Waals surface area contributed by atoms with Crippen LogP contribution in [0, 0.1) is 13.8 Å². The van der Waals surface area contributed by atoms with Gasteiger partial charge in [0.1, 0.15) is 5.82 Å². The fourth-order valence-corrected chi connectivity index (χ4v) is 3.53. The predicted molar refractivity (Wildman–Crippen MR) is 109 cm³/mol. The van der Waals surface area contributed by atoms with Crippen LogP contribution in [0.15, 0.2) is 42.7 Å². The highest BCUT2D eigenvalue weighted by Gasteiger charge is 2.37. The first kappa shape index (κ1) is 21.5. The van der Waals surface area contributed by atoms with Crippen molar-refractivity contribution in [2.45, 2.75) is 38.9 Å². The van der Waals surface area contributed by atoms with Crippen molar-refractivity contribution in [1.29, 1.82) is 0 Å². The largest absolute Gasteiger partial charge is 0.453 e. The van der Waals surface area contributed by atoms with Gasteiger partial charge < -0.3 is 10.3 Å². The fourth-order valence-electron chi connectivity index (χ4n) is 3.53. The van der Waals surface area contributed by atoms with Crippen molar-refractivity contribution >= 4 is 11.7 Å². The van der Waals surface area contributed by atoms with Gasteiger partial charge in [-0.15, -0.1) is 5.10 Å². The Labute approximate surface area is 180 Å². The summed E-state index contributed by atoms with van der Waals surface area (Å²) in [6.45, 7) is 3.23. The Morgan fingerprint density at radius 2 is 1.94 bits per heavy atom. The van der Waals surface area contributed by atoms with Gasteiger partial charge in [0.05, 0.1) is 12.5 Å². The lowest BCUT2D eigenvalue weighted by molar-refractivity contribution is -0.144. The number of amides is 1. The summed E-state index contributed by atoms with van der Waals surface area (Å²) in [6, 6.07) is 9.13. The fraction of sp³-hybridized carbons (Fsp3) is 0.286. The molecule has 0 saturated heterocycles. The zero-order valence-corrected chi connectivity index (χ0v) is 17.3. The molecule has 0 fully saturated rings. The molecule has 32 heavy (non-hydrogen) atoms. The number of aromatic amines is 1. The van der Waals surface area contributed by atoms with E-state index < -0.39 is 12.0 Å². The Kier molecular flexibility index (Phi) is 5.64. The second-order valence-corrected chi connectivity index (χ2v) is 7.35. The Hall–Kier alpha value is -3.76. The number of carbonyl (C=O) groups is 1. The van der Waals surface area contributed by atoms with Crippen LogP contribution in [-0.4, -0.2) is 35.5 Å². The lowest BCUT2D eigenvalue weighted by atomic mass is 10.0. The first-order valence-electron chi connectivity index (χ1n) is 9.85. The summed E-state index contributed by atoms with van der Waals surface area (Å²) >= 11 is 0. The number of benzene rings is 1. The van der Waals surface area contributed by atoms with E-state index in [1.54, 1.807) is 26.2 Å². The monoisotopic (exact) mass is 443 g/mol. The summed E-state index contributed by atoms with van der Waals surface area (Å²) in [5.74, 6) is -1.00. The van der Waals surface area contributed by atoms with Crippen LogP contribution in [0.2, 0.25) is 0 Å². The molecule has 4 rings (SSSR count). The maximum Gasteiger partial charge on any atom is 0.453 e. The van der Waals surface area contributed by atoms with Crippen LogP contribution in [0.3, 0.4) is 0 Å². The van der Waals surface area contributed by atoms with Gasteiger partial charge in [0.25, 0.3) is 11.6 Å². The molecule has 3 aromatic heterocycles. The third-order valence-electron chi connectivity index (χ3n) is 5.13. The van der Waals surface area contributed by atoms with Gasteiger partial charge in [-0.1, -0.05) is 30.3 Å². The first-order valence-corrected chi connectivity index (χ1v) is 9.85. The van der Waals surface area contributed by atoms with Crippen LogP contribution in [0.25, 0.3) is 5.78 Å². The van der Waals surface area contributed by atoms with Crippen molar-refractivity contribution < 1.29 is 18.0 Å². The third kappa shape index (κ3) is 4.46. The van der Waals surface area contributed by atoms with E-state index in [2.05, 4.69) is 30.4 Å². The van der Waals surface area contributed by atoms with Gasteiger partial charge in [-0.2, -0.15) is 18.2 Å². The van der Waals surface area contributed by atoms with Gasteiger partial charge in [-0.3, -0.25) is 4.79 Å². The molecule has 1 unspecified atom stereocenters. The molecule has 1 atom stereocenters. The van der Waals surface area contributed by atoms with E-state index >= 15 is 0 Å². The number of alkyl halides is 3. The molecule has 2 N–H and O–H groups in total. The number of nitrogens with one attached hydrogen (secondary N) is 2. The van der Waals surface area contributed by atoms with Crippen molar-refractivity contribution in [3.05, 3.63) is 76.9 Å². The van der Waals surface area contributed by atoms with Gasteiger partial charge in [0, 0.05) is 35.8 Å². The van der Waals surface area contributed by atoms with E-state index in [1.165, 1.54) is 0 Å². The van der Waals surface area contributed by atoms with Crippen LogP contribution in [0.1, 0.15) is 40.2 Å². The Morgan fingerprint density at radius 3 is 2.59 bits per heavy atom. The molecule has 3 heterocycles. The van der Waals surface area contributed by atoms with Gasteiger partial charge in [-0.25, -0.2) is 14.5 Å². The lowest BCUT2D eigenvalue weighted by Crippen LogP contribution is -2.32. The zero-order chi connectivity index (χ0) is 22.9. The number of fused-ring (bicyclic) bond motifs is 1. The van der Waals surface area contributed by atoms with Crippen LogP contribution < -0.4 is 5.32 Å². The molecule has 8 nitrogen and oxygen atoms in total. The zero-order valence-electron chi connectivity index (χ0n) is 17.3. The van der Waals surface area contributed by atoms with Crippen LogP contribution >= 0.6 is 0 Å². The average molecular weight is 443 g/mol. The van der Waals surface area contributed by atoms with Gasteiger partial charge in [0.15, 0.2) is 0 Å². The SMILES string of the molecule is Cc1nc2nc(C(F)(F)F)nn2c(C)c1CC(=O)NC(Cc1ncc[nH]1)c1ccccc1. The summed E-state index contributed by atoms with van der Waals surface area (Å²) in [6.07, 6.45) is -0.944. The van der Waals surface area contributed by atoms with E-state index in [4.69, 9.17) is 0 Å². The summed E-state index contributed by atoms with van der Waals surface area (Å²) < 4.78 is 40.0. The molecule has 0 bridgehead atoms. The van der Waals surface area contributed by atoms with Crippen LogP contribution in [0.4, 0.5) is 13.2 Å². The quantitative estimate of drug-likeness (QED) is 0.477. The van der Waals surface area contributed by atoms with Crippen molar-refractivity contribution in [2.24, 2.45) is 0 Å². The number of rotatable bonds is 6. The number of hydrogen-bond donors (Lipinski definition) is 2. The maximum atomic E-state index is 13.0. The summed E-state index contributed by atoms with van der Waals surface area (Å²) in [5, 5.41) is 6.53. The topological polar surface area (TPSA) is 101 Å². The number of halogens is 3. The molecular weight excluding hydrogens is 423 g/mol. The number of aromatic nitrogens is 6. The first-order chi connectivity index (χ1) is 15.2. The molecule has 1 amide bonds. The van der Waals surface area contributed by atoms with Crippen molar-refractivity contribution in [3.63, 3.8) is 0 Å². The van der Waals surface area contributed by atoms with Crippen molar-refractivity contribution in [2.75, 3.05) is 0 Å². The highest BCUT2D eigenvalue weighted by molar-refractivity contribution is 5.79. The van der Waals surface area contributed by atoms with Gasteiger partial charge in [-0.05, 0) is 19.4 Å². The summed E-state index contributed by atoms with van der Waals surface area (Å²) in [7, 11) is 0. The number of carbonyl (C=O) groups excluding carboxylic acids is 1. The van der Waals surface area contributed by atoms with E-state index in [-0.39, 0.29) is 24.1 Å². The predicted octanol–water partition coefficient (Wildman–Crippen LogP) is 3.13. The third-order valence-corrected chi connectivity index (χ3v) is 5.13. The number of hydrogen-bond acceptors (Lipinski definition) is 5. The Balaban J connectivity index is 1.59. The molecule has 166 valence electrons. The average Bonchev–Trinajstić information content (AvgIpc) is 3.41. The Bertz CT molecular complexity index is 1230. The maximum absolute atomic E-state index is 13.0. The smallest absolute Gasteiger partial charge is 0.349 e. The molecule has 0 saturated carbocycles. The molecule has 0 aliphatic carbocycles. The van der Waals surface area contributed by atoms with E-state index in [1.807, 2.05) is 30.3 Å². The summed E-state index contributed by atoms with van der Waals surface area (Å²) in [5.41, 5.74) is 2.21. The molecular formula is C21H20F3N7O. The lowest BCUT2D eigenvalue weighted by Gasteiger charge is -2.19. The van der Waals surface area contributed by atoms with Crippen molar-refractivity contribution in [1.82, 2.24) is 34.9 Å². The minimum absolute atomic E-state index is 0.0662. The van der Waals surface area contributed by atoms with Crippen molar-refractivity contribution in [3.8, 4) is 0 Å². The van der Waals surface area contributed by atoms with Gasteiger partial charge in [0.2, 0.25) is 5.91 Å². The summed E-state index contributed by atoms with van der Waals surface area (Å²) in [4.78, 5) is 27.8. The second kappa shape index (κ2) is 8.40. The molecule has 0 spiro atoms. The second-order valence-electron chi connectivity index (χ2n) is 7.35. The molecule has 0 aliphatic rings. The highest BCUT2D eigenvalue weighted by Crippen LogP contribution is 2.27. The Morgan fingerprint density at radius 1 is 1.19 bits per heavy atom. The molecule has 11 heteroatoms. The number of H-pyrrole nitrogens is 1. The normalized spacial score (nSPS) is 12.8. The van der Waals surface area contributed by atoms with Gasteiger partial charge >= 0.3 is 6.18 Å². The molecule has 0 aliphatic heterocycles. The van der Waals surface area contributed by atoms with E-state index in [9.17, 15) is 18.0 Å². The molecule has 1 aromatic carbocycles. The van der Waals surface area contributed by atoms with E-state index in [0.29, 0.717) is 23.4 Å². The molecule has 0 radical (unpaired) electrons. The highest BCUT2D eigenvalue weighted by atomic mass is 19.4. The van der Waals surface area contributed by atoms with Crippen LogP contribution in [0.5, 0.6) is 0 Å². The van der Waals surface area contributed by atoms with E-state index in [0.717, 1.165) is 15.9 Å². The molecule has 4 aromatic rings. The number of nitrogens with zero attached hydrogens (tertiary/aromatic N) is 5. The standard InChI is InChI=1S/C21H20F3N7O/c1-12-15(13(2)31-20(27-12)29-19(30-31)21(22,23)24)10-18(32)28-16(11-17-25-8-9-26-17)14-6-4-3-5-7-14/h3-9,16H,10-11H2,1-2H3,(H,25,26)(H,28,32).